The Bertz CT molecular complexity index is 588. The summed E-state index contributed by atoms with van der Waals surface area (Å²) < 4.78 is 1.78. The molecule has 0 aliphatic carbocycles. The fraction of sp³-hybridized carbons (Fsp3) is 0.462. The van der Waals surface area contributed by atoms with E-state index in [1.165, 1.54) is 0 Å². The molecule has 1 N–H and O–H groups in total. The molecule has 0 spiro atoms. The van der Waals surface area contributed by atoms with E-state index in [9.17, 15) is 4.79 Å². The van der Waals surface area contributed by atoms with Gasteiger partial charge in [0.25, 0.3) is 0 Å². The fourth-order valence-corrected chi connectivity index (χ4v) is 1.68. The number of carbonyl (C=O) groups is 1. The molecule has 2 aromatic rings. The van der Waals surface area contributed by atoms with Crippen LogP contribution >= 0.6 is 0 Å². The highest BCUT2D eigenvalue weighted by atomic mass is 16.2. The number of carbonyl (C=O) groups excluding carboxylic acids is 1. The summed E-state index contributed by atoms with van der Waals surface area (Å²) in [6.07, 6.45) is 3.48. The van der Waals surface area contributed by atoms with Crippen LogP contribution in [0.1, 0.15) is 25.5 Å². The van der Waals surface area contributed by atoms with E-state index in [0.717, 1.165) is 11.2 Å². The standard InChI is InChI=1S/C13H19N5O/c1-9(2)10-7-11-13(14-5-6-18(11)16-10)15-8-12(19)17(3)4/h5-7,9H,8H2,1-4H3,(H,14,15). The van der Waals surface area contributed by atoms with Crippen molar-refractivity contribution >= 4 is 17.2 Å². The van der Waals surface area contributed by atoms with E-state index in [2.05, 4.69) is 29.2 Å². The molecule has 2 heterocycles. The van der Waals surface area contributed by atoms with Crippen LogP contribution in [0.25, 0.3) is 5.52 Å². The summed E-state index contributed by atoms with van der Waals surface area (Å²) in [4.78, 5) is 17.4. The van der Waals surface area contributed by atoms with Gasteiger partial charge in [0, 0.05) is 26.5 Å². The second kappa shape index (κ2) is 5.26. The van der Waals surface area contributed by atoms with Crippen LogP contribution in [0, 0.1) is 0 Å². The summed E-state index contributed by atoms with van der Waals surface area (Å²) in [6, 6.07) is 2.00. The number of likely N-dealkylation sites (N-methyl/N-ethyl adjacent to an activating group) is 1. The molecule has 0 saturated heterocycles. The van der Waals surface area contributed by atoms with Crippen molar-refractivity contribution in [2.75, 3.05) is 26.0 Å². The number of hydrogen-bond donors (Lipinski definition) is 1. The summed E-state index contributed by atoms with van der Waals surface area (Å²) >= 11 is 0. The van der Waals surface area contributed by atoms with Gasteiger partial charge >= 0.3 is 0 Å². The Balaban J connectivity index is 2.25. The van der Waals surface area contributed by atoms with Crippen molar-refractivity contribution in [2.24, 2.45) is 0 Å². The number of aromatic nitrogens is 3. The zero-order valence-electron chi connectivity index (χ0n) is 11.7. The summed E-state index contributed by atoms with van der Waals surface area (Å²) in [7, 11) is 3.46. The Labute approximate surface area is 112 Å². The molecule has 102 valence electrons. The van der Waals surface area contributed by atoms with Crippen molar-refractivity contribution in [3.05, 3.63) is 24.2 Å². The number of anilines is 1. The van der Waals surface area contributed by atoms with Gasteiger partial charge in [0.15, 0.2) is 5.82 Å². The molecule has 0 aliphatic heterocycles. The first kappa shape index (κ1) is 13.3. The van der Waals surface area contributed by atoms with Crippen molar-refractivity contribution in [1.82, 2.24) is 19.5 Å². The molecule has 2 rings (SSSR count). The number of nitrogens with one attached hydrogen (secondary N) is 1. The maximum atomic E-state index is 11.6. The molecule has 2 aromatic heterocycles. The third kappa shape index (κ3) is 2.83. The van der Waals surface area contributed by atoms with Gasteiger partial charge in [0.1, 0.15) is 5.52 Å². The maximum Gasteiger partial charge on any atom is 0.241 e. The molecular formula is C13H19N5O. The SMILES string of the molecule is CC(C)c1cc2c(NCC(=O)N(C)C)nccn2n1. The lowest BCUT2D eigenvalue weighted by Crippen LogP contribution is -2.28. The Morgan fingerprint density at radius 2 is 2.21 bits per heavy atom. The lowest BCUT2D eigenvalue weighted by Gasteiger charge is -2.11. The first-order valence-corrected chi connectivity index (χ1v) is 6.27. The maximum absolute atomic E-state index is 11.6. The third-order valence-corrected chi connectivity index (χ3v) is 2.91. The van der Waals surface area contributed by atoms with Gasteiger partial charge in [-0.1, -0.05) is 13.8 Å². The average Bonchev–Trinajstić information content (AvgIpc) is 2.80. The molecule has 0 unspecified atom stereocenters. The zero-order chi connectivity index (χ0) is 14.0. The first-order valence-electron chi connectivity index (χ1n) is 6.27. The molecule has 0 saturated carbocycles. The second-order valence-corrected chi connectivity index (χ2v) is 4.97. The second-order valence-electron chi connectivity index (χ2n) is 4.97. The zero-order valence-corrected chi connectivity index (χ0v) is 11.7. The van der Waals surface area contributed by atoms with Crippen molar-refractivity contribution in [3.8, 4) is 0 Å². The summed E-state index contributed by atoms with van der Waals surface area (Å²) in [5.41, 5.74) is 1.90. The molecule has 19 heavy (non-hydrogen) atoms. The number of fused-ring (bicyclic) bond motifs is 1. The monoisotopic (exact) mass is 261 g/mol. The van der Waals surface area contributed by atoms with Crippen LogP contribution in [0.2, 0.25) is 0 Å². The van der Waals surface area contributed by atoms with Gasteiger partial charge in [-0.15, -0.1) is 0 Å². The van der Waals surface area contributed by atoms with Gasteiger partial charge in [-0.25, -0.2) is 9.50 Å². The molecule has 0 aliphatic rings. The Kier molecular flexibility index (Phi) is 3.69. The van der Waals surface area contributed by atoms with Gasteiger partial charge in [-0.2, -0.15) is 5.10 Å². The average molecular weight is 261 g/mol. The van der Waals surface area contributed by atoms with Crippen molar-refractivity contribution in [3.63, 3.8) is 0 Å². The molecule has 0 bridgehead atoms. The van der Waals surface area contributed by atoms with Gasteiger partial charge < -0.3 is 10.2 Å². The van der Waals surface area contributed by atoms with Crippen LogP contribution < -0.4 is 5.32 Å². The fourth-order valence-electron chi connectivity index (χ4n) is 1.68. The van der Waals surface area contributed by atoms with Gasteiger partial charge in [0.2, 0.25) is 5.91 Å². The number of amides is 1. The predicted octanol–water partition coefficient (Wildman–Crippen LogP) is 1.35. The van der Waals surface area contributed by atoms with E-state index < -0.39 is 0 Å². The Hall–Kier alpha value is -2.11. The summed E-state index contributed by atoms with van der Waals surface area (Å²) in [5.74, 6) is 1.04. The highest BCUT2D eigenvalue weighted by Gasteiger charge is 2.11. The van der Waals surface area contributed by atoms with Crippen LogP contribution in [0.15, 0.2) is 18.5 Å². The number of nitrogens with zero attached hydrogens (tertiary/aromatic N) is 4. The predicted molar refractivity (Wildman–Crippen MR) is 74.3 cm³/mol. The highest BCUT2D eigenvalue weighted by Crippen LogP contribution is 2.19. The van der Waals surface area contributed by atoms with Gasteiger partial charge in [0.05, 0.1) is 12.2 Å². The van der Waals surface area contributed by atoms with E-state index >= 15 is 0 Å². The van der Waals surface area contributed by atoms with Crippen LogP contribution in [0.4, 0.5) is 5.82 Å². The quantitative estimate of drug-likeness (QED) is 0.902. The van der Waals surface area contributed by atoms with E-state index in [1.54, 1.807) is 35.9 Å². The highest BCUT2D eigenvalue weighted by molar-refractivity contribution is 5.81. The molecule has 0 aromatic carbocycles. The summed E-state index contributed by atoms with van der Waals surface area (Å²) in [5, 5.41) is 7.53. The molecule has 6 nitrogen and oxygen atoms in total. The lowest BCUT2D eigenvalue weighted by atomic mass is 10.1. The van der Waals surface area contributed by atoms with E-state index in [1.807, 2.05) is 6.07 Å². The smallest absolute Gasteiger partial charge is 0.241 e. The third-order valence-electron chi connectivity index (χ3n) is 2.91. The van der Waals surface area contributed by atoms with Crippen LogP contribution in [0.3, 0.4) is 0 Å². The van der Waals surface area contributed by atoms with Gasteiger partial charge in [-0.3, -0.25) is 4.79 Å². The molecule has 1 amide bonds. The van der Waals surface area contributed by atoms with Crippen LogP contribution in [-0.4, -0.2) is 46.0 Å². The Morgan fingerprint density at radius 1 is 1.47 bits per heavy atom. The number of hydrogen-bond acceptors (Lipinski definition) is 4. The van der Waals surface area contributed by atoms with E-state index in [0.29, 0.717) is 11.7 Å². The topological polar surface area (TPSA) is 62.5 Å². The number of rotatable bonds is 4. The largest absolute Gasteiger partial charge is 0.359 e. The van der Waals surface area contributed by atoms with Crippen LogP contribution in [-0.2, 0) is 4.79 Å². The lowest BCUT2D eigenvalue weighted by molar-refractivity contribution is -0.126. The normalized spacial score (nSPS) is 11.0. The van der Waals surface area contributed by atoms with Crippen molar-refractivity contribution in [2.45, 2.75) is 19.8 Å². The minimum Gasteiger partial charge on any atom is -0.359 e. The minimum atomic E-state index is 0.00685. The molecular weight excluding hydrogens is 242 g/mol. The molecule has 0 fully saturated rings. The first-order chi connectivity index (χ1) is 8.99. The van der Waals surface area contributed by atoms with E-state index in [-0.39, 0.29) is 12.5 Å². The van der Waals surface area contributed by atoms with Crippen molar-refractivity contribution < 1.29 is 4.79 Å². The van der Waals surface area contributed by atoms with E-state index in [4.69, 9.17) is 0 Å². The molecule has 0 atom stereocenters. The summed E-state index contributed by atoms with van der Waals surface area (Å²) in [6.45, 7) is 4.41. The van der Waals surface area contributed by atoms with Crippen LogP contribution in [0.5, 0.6) is 0 Å². The Morgan fingerprint density at radius 3 is 2.84 bits per heavy atom. The minimum absolute atomic E-state index is 0.00685. The molecule has 6 heteroatoms. The van der Waals surface area contributed by atoms with Crippen molar-refractivity contribution in [1.29, 1.82) is 0 Å². The molecule has 0 radical (unpaired) electrons. The van der Waals surface area contributed by atoms with Gasteiger partial charge in [-0.05, 0) is 12.0 Å².